The molecular formula is C9H19NOS. The molecule has 1 aliphatic rings. The van der Waals surface area contributed by atoms with Crippen molar-refractivity contribution < 1.29 is 5.11 Å². The summed E-state index contributed by atoms with van der Waals surface area (Å²) in [6.45, 7) is 6.28. The van der Waals surface area contributed by atoms with Gasteiger partial charge < -0.3 is 10.0 Å². The molecule has 1 rings (SSSR count). The SMILES string of the molecule is CC1CN(CCCCO)CCS1. The Labute approximate surface area is 79.3 Å². The first-order valence-corrected chi connectivity index (χ1v) is 5.82. The molecule has 0 radical (unpaired) electrons. The molecule has 1 fully saturated rings. The number of hydrogen-bond donors (Lipinski definition) is 1. The topological polar surface area (TPSA) is 23.5 Å². The van der Waals surface area contributed by atoms with Gasteiger partial charge in [-0.1, -0.05) is 6.92 Å². The van der Waals surface area contributed by atoms with Crippen molar-refractivity contribution in [2.45, 2.75) is 25.0 Å². The first-order valence-electron chi connectivity index (χ1n) is 4.77. The van der Waals surface area contributed by atoms with Gasteiger partial charge >= 0.3 is 0 Å². The van der Waals surface area contributed by atoms with E-state index in [-0.39, 0.29) is 0 Å². The van der Waals surface area contributed by atoms with E-state index >= 15 is 0 Å². The van der Waals surface area contributed by atoms with Gasteiger partial charge in [0.2, 0.25) is 0 Å². The Bertz CT molecular complexity index is 121. The second-order valence-electron chi connectivity index (χ2n) is 3.41. The van der Waals surface area contributed by atoms with E-state index in [9.17, 15) is 0 Å². The summed E-state index contributed by atoms with van der Waals surface area (Å²) in [6, 6.07) is 0. The van der Waals surface area contributed by atoms with E-state index in [1.165, 1.54) is 25.4 Å². The zero-order chi connectivity index (χ0) is 8.81. The second-order valence-corrected chi connectivity index (χ2v) is 4.96. The summed E-state index contributed by atoms with van der Waals surface area (Å²) >= 11 is 2.07. The number of hydrogen-bond acceptors (Lipinski definition) is 3. The summed E-state index contributed by atoms with van der Waals surface area (Å²) in [5.41, 5.74) is 0. The lowest BCUT2D eigenvalue weighted by Gasteiger charge is -2.30. The summed E-state index contributed by atoms with van der Waals surface area (Å²) in [7, 11) is 0. The molecular weight excluding hydrogens is 170 g/mol. The molecule has 0 aliphatic carbocycles. The highest BCUT2D eigenvalue weighted by molar-refractivity contribution is 7.99. The number of thioether (sulfide) groups is 1. The van der Waals surface area contributed by atoms with Crippen LogP contribution in [0, 0.1) is 0 Å². The lowest BCUT2D eigenvalue weighted by Crippen LogP contribution is -2.37. The molecule has 1 N–H and O–H groups in total. The average Bonchev–Trinajstić information content (AvgIpc) is 2.05. The molecule has 2 nitrogen and oxygen atoms in total. The van der Waals surface area contributed by atoms with Gasteiger partial charge in [0, 0.05) is 30.7 Å². The van der Waals surface area contributed by atoms with Gasteiger partial charge in [-0.2, -0.15) is 11.8 Å². The van der Waals surface area contributed by atoms with Crippen LogP contribution in [0.3, 0.4) is 0 Å². The van der Waals surface area contributed by atoms with Crippen LogP contribution in [0.15, 0.2) is 0 Å². The van der Waals surface area contributed by atoms with Gasteiger partial charge in [-0.3, -0.25) is 0 Å². The summed E-state index contributed by atoms with van der Waals surface area (Å²) in [5, 5.41) is 9.42. The summed E-state index contributed by atoms with van der Waals surface area (Å²) in [6.07, 6.45) is 2.10. The predicted molar refractivity (Wildman–Crippen MR) is 54.7 cm³/mol. The normalized spacial score (nSPS) is 26.0. The van der Waals surface area contributed by atoms with Crippen LogP contribution in [0.25, 0.3) is 0 Å². The van der Waals surface area contributed by atoms with Gasteiger partial charge in [0.05, 0.1) is 0 Å². The van der Waals surface area contributed by atoms with E-state index in [0.29, 0.717) is 6.61 Å². The highest BCUT2D eigenvalue weighted by Crippen LogP contribution is 2.17. The van der Waals surface area contributed by atoms with Crippen molar-refractivity contribution in [2.75, 3.05) is 32.0 Å². The molecule has 0 aromatic heterocycles. The van der Waals surface area contributed by atoms with E-state index in [1.54, 1.807) is 0 Å². The van der Waals surface area contributed by atoms with Crippen molar-refractivity contribution >= 4 is 11.8 Å². The smallest absolute Gasteiger partial charge is 0.0431 e. The van der Waals surface area contributed by atoms with Crippen LogP contribution in [-0.4, -0.2) is 47.3 Å². The molecule has 1 atom stereocenters. The fourth-order valence-corrected chi connectivity index (χ4v) is 2.62. The molecule has 0 spiro atoms. The monoisotopic (exact) mass is 189 g/mol. The Hall–Kier alpha value is 0.270. The summed E-state index contributed by atoms with van der Waals surface area (Å²) in [5.74, 6) is 1.28. The van der Waals surface area contributed by atoms with Gasteiger partial charge in [0.25, 0.3) is 0 Å². The molecule has 0 aromatic rings. The number of aliphatic hydroxyl groups is 1. The Morgan fingerprint density at radius 1 is 1.50 bits per heavy atom. The van der Waals surface area contributed by atoms with Crippen molar-refractivity contribution in [3.63, 3.8) is 0 Å². The van der Waals surface area contributed by atoms with Gasteiger partial charge in [0.15, 0.2) is 0 Å². The minimum Gasteiger partial charge on any atom is -0.396 e. The third-order valence-electron chi connectivity index (χ3n) is 2.21. The number of aliphatic hydroxyl groups excluding tert-OH is 1. The zero-order valence-electron chi connectivity index (χ0n) is 7.83. The molecule has 12 heavy (non-hydrogen) atoms. The van der Waals surface area contributed by atoms with Crippen LogP contribution in [0.2, 0.25) is 0 Å². The molecule has 1 saturated heterocycles. The number of nitrogens with zero attached hydrogens (tertiary/aromatic N) is 1. The highest BCUT2D eigenvalue weighted by Gasteiger charge is 2.15. The van der Waals surface area contributed by atoms with Gasteiger partial charge in [-0.05, 0) is 19.4 Å². The Morgan fingerprint density at radius 3 is 3.00 bits per heavy atom. The number of rotatable bonds is 4. The molecule has 1 aliphatic heterocycles. The standard InChI is InChI=1S/C9H19NOS/c1-9-8-10(5-7-12-9)4-2-3-6-11/h9,11H,2-8H2,1H3. The molecule has 1 heterocycles. The van der Waals surface area contributed by atoms with Gasteiger partial charge in [-0.25, -0.2) is 0 Å². The Morgan fingerprint density at radius 2 is 2.33 bits per heavy atom. The second kappa shape index (κ2) is 5.84. The molecule has 1 unspecified atom stereocenters. The Balaban J connectivity index is 2.06. The van der Waals surface area contributed by atoms with Gasteiger partial charge in [0.1, 0.15) is 0 Å². The van der Waals surface area contributed by atoms with Crippen LogP contribution in [0.4, 0.5) is 0 Å². The average molecular weight is 189 g/mol. The van der Waals surface area contributed by atoms with E-state index in [2.05, 4.69) is 23.6 Å². The van der Waals surface area contributed by atoms with Crippen LogP contribution in [-0.2, 0) is 0 Å². The Kier molecular flexibility index (Phi) is 5.04. The van der Waals surface area contributed by atoms with E-state index in [0.717, 1.165) is 18.1 Å². The van der Waals surface area contributed by atoms with Crippen molar-refractivity contribution in [3.05, 3.63) is 0 Å². The molecule has 0 amide bonds. The van der Waals surface area contributed by atoms with Crippen LogP contribution < -0.4 is 0 Å². The lowest BCUT2D eigenvalue weighted by atomic mass is 10.3. The van der Waals surface area contributed by atoms with Crippen molar-refractivity contribution in [1.29, 1.82) is 0 Å². The van der Waals surface area contributed by atoms with Crippen molar-refractivity contribution in [3.8, 4) is 0 Å². The van der Waals surface area contributed by atoms with Crippen molar-refractivity contribution in [2.24, 2.45) is 0 Å². The maximum atomic E-state index is 8.63. The molecule has 3 heteroatoms. The quantitative estimate of drug-likeness (QED) is 0.672. The minimum absolute atomic E-state index is 0.345. The fraction of sp³-hybridized carbons (Fsp3) is 1.00. The van der Waals surface area contributed by atoms with Crippen LogP contribution >= 0.6 is 11.8 Å². The molecule has 0 bridgehead atoms. The molecule has 72 valence electrons. The molecule has 0 saturated carbocycles. The van der Waals surface area contributed by atoms with Crippen molar-refractivity contribution in [1.82, 2.24) is 4.90 Å². The first kappa shape index (κ1) is 10.4. The van der Waals surface area contributed by atoms with E-state index in [1.807, 2.05) is 0 Å². The van der Waals surface area contributed by atoms with E-state index < -0.39 is 0 Å². The third kappa shape index (κ3) is 3.78. The number of unbranched alkanes of at least 4 members (excludes halogenated alkanes) is 1. The first-order chi connectivity index (χ1) is 5.83. The molecule has 0 aromatic carbocycles. The minimum atomic E-state index is 0.345. The maximum Gasteiger partial charge on any atom is 0.0431 e. The highest BCUT2D eigenvalue weighted by atomic mass is 32.2. The van der Waals surface area contributed by atoms with Crippen LogP contribution in [0.1, 0.15) is 19.8 Å². The van der Waals surface area contributed by atoms with E-state index in [4.69, 9.17) is 5.11 Å². The summed E-state index contributed by atoms with van der Waals surface area (Å²) in [4.78, 5) is 2.51. The predicted octanol–water partition coefficient (Wildman–Crippen LogP) is 1.20. The lowest BCUT2D eigenvalue weighted by molar-refractivity contribution is 0.247. The maximum absolute atomic E-state index is 8.63. The summed E-state index contributed by atoms with van der Waals surface area (Å²) < 4.78 is 0. The zero-order valence-corrected chi connectivity index (χ0v) is 8.65. The largest absolute Gasteiger partial charge is 0.396 e. The van der Waals surface area contributed by atoms with Gasteiger partial charge in [-0.15, -0.1) is 0 Å². The fourth-order valence-electron chi connectivity index (χ4n) is 1.54. The third-order valence-corrected chi connectivity index (χ3v) is 3.34. The van der Waals surface area contributed by atoms with Crippen LogP contribution in [0.5, 0.6) is 0 Å².